The minimum atomic E-state index is -0.186. The highest BCUT2D eigenvalue weighted by Crippen LogP contribution is 2.10. The SMILES string of the molecule is COCc1cccc(C(=O)N(C)C(C)CO)c1. The highest BCUT2D eigenvalue weighted by atomic mass is 16.5. The van der Waals surface area contributed by atoms with E-state index in [1.165, 1.54) is 4.90 Å². The molecule has 17 heavy (non-hydrogen) atoms. The van der Waals surface area contributed by atoms with Crippen molar-refractivity contribution in [2.75, 3.05) is 20.8 Å². The van der Waals surface area contributed by atoms with E-state index in [-0.39, 0.29) is 18.6 Å². The Morgan fingerprint density at radius 3 is 2.82 bits per heavy atom. The monoisotopic (exact) mass is 237 g/mol. The Morgan fingerprint density at radius 1 is 1.53 bits per heavy atom. The molecule has 4 nitrogen and oxygen atoms in total. The largest absolute Gasteiger partial charge is 0.394 e. The lowest BCUT2D eigenvalue weighted by Crippen LogP contribution is -2.37. The van der Waals surface area contributed by atoms with E-state index in [4.69, 9.17) is 9.84 Å². The lowest BCUT2D eigenvalue weighted by molar-refractivity contribution is 0.0682. The molecule has 0 radical (unpaired) electrons. The zero-order chi connectivity index (χ0) is 12.8. The van der Waals surface area contributed by atoms with Gasteiger partial charge in [-0.3, -0.25) is 4.79 Å². The zero-order valence-electron chi connectivity index (χ0n) is 10.5. The highest BCUT2D eigenvalue weighted by Gasteiger charge is 2.16. The second kappa shape index (κ2) is 6.37. The summed E-state index contributed by atoms with van der Waals surface area (Å²) >= 11 is 0. The molecule has 4 heteroatoms. The van der Waals surface area contributed by atoms with E-state index in [2.05, 4.69) is 0 Å². The molecule has 0 aromatic heterocycles. The topological polar surface area (TPSA) is 49.8 Å². The van der Waals surface area contributed by atoms with Crippen molar-refractivity contribution in [1.29, 1.82) is 0 Å². The van der Waals surface area contributed by atoms with Gasteiger partial charge in [0.15, 0.2) is 0 Å². The summed E-state index contributed by atoms with van der Waals surface area (Å²) < 4.78 is 5.03. The number of amides is 1. The average molecular weight is 237 g/mol. The fourth-order valence-electron chi connectivity index (χ4n) is 1.49. The molecule has 0 aliphatic heterocycles. The van der Waals surface area contributed by atoms with Gasteiger partial charge in [0.05, 0.1) is 19.3 Å². The first kappa shape index (κ1) is 13.7. The first-order valence-electron chi connectivity index (χ1n) is 5.56. The summed E-state index contributed by atoms with van der Waals surface area (Å²) in [4.78, 5) is 13.6. The number of methoxy groups -OCH3 is 1. The van der Waals surface area contributed by atoms with E-state index in [0.717, 1.165) is 5.56 Å². The molecule has 0 bridgehead atoms. The van der Waals surface area contributed by atoms with E-state index in [0.29, 0.717) is 12.2 Å². The smallest absolute Gasteiger partial charge is 0.253 e. The van der Waals surface area contributed by atoms with Crippen LogP contribution in [0.25, 0.3) is 0 Å². The van der Waals surface area contributed by atoms with Crippen molar-refractivity contribution in [2.24, 2.45) is 0 Å². The molecule has 1 unspecified atom stereocenters. The molecule has 1 rings (SSSR count). The van der Waals surface area contributed by atoms with Gasteiger partial charge in [-0.05, 0) is 24.6 Å². The summed E-state index contributed by atoms with van der Waals surface area (Å²) in [6.07, 6.45) is 0. The van der Waals surface area contributed by atoms with Crippen molar-refractivity contribution < 1.29 is 14.6 Å². The minimum Gasteiger partial charge on any atom is -0.394 e. The standard InChI is InChI=1S/C13H19NO3/c1-10(8-15)14(2)13(16)12-6-4-5-11(7-12)9-17-3/h4-7,10,15H,8-9H2,1-3H3. The quantitative estimate of drug-likeness (QED) is 0.839. The Morgan fingerprint density at radius 2 is 2.24 bits per heavy atom. The fraction of sp³-hybridized carbons (Fsp3) is 0.462. The van der Waals surface area contributed by atoms with Crippen LogP contribution < -0.4 is 0 Å². The predicted molar refractivity (Wildman–Crippen MR) is 65.8 cm³/mol. The minimum absolute atomic E-state index is 0.0417. The normalized spacial score (nSPS) is 12.2. The van der Waals surface area contributed by atoms with E-state index in [1.54, 1.807) is 27.1 Å². The van der Waals surface area contributed by atoms with Crippen LogP contribution in [0.15, 0.2) is 24.3 Å². The Balaban J connectivity index is 2.84. The number of aliphatic hydroxyl groups excluding tert-OH is 1. The molecule has 1 atom stereocenters. The van der Waals surface area contributed by atoms with Crippen LogP contribution in [0.1, 0.15) is 22.8 Å². The van der Waals surface area contributed by atoms with Gasteiger partial charge in [0, 0.05) is 19.7 Å². The summed E-state index contributed by atoms with van der Waals surface area (Å²) in [7, 11) is 3.31. The first-order chi connectivity index (χ1) is 8.10. The third-order valence-electron chi connectivity index (χ3n) is 2.73. The van der Waals surface area contributed by atoms with Gasteiger partial charge in [-0.25, -0.2) is 0 Å². The third kappa shape index (κ3) is 3.54. The van der Waals surface area contributed by atoms with Crippen LogP contribution in [0.2, 0.25) is 0 Å². The molecular formula is C13H19NO3. The van der Waals surface area contributed by atoms with Crippen molar-refractivity contribution >= 4 is 5.91 Å². The first-order valence-corrected chi connectivity index (χ1v) is 5.56. The fourth-order valence-corrected chi connectivity index (χ4v) is 1.49. The molecule has 1 aromatic rings. The molecule has 0 spiro atoms. The van der Waals surface area contributed by atoms with Gasteiger partial charge in [-0.1, -0.05) is 12.1 Å². The molecule has 0 aliphatic rings. The van der Waals surface area contributed by atoms with Crippen molar-refractivity contribution in [2.45, 2.75) is 19.6 Å². The van der Waals surface area contributed by atoms with Crippen LogP contribution >= 0.6 is 0 Å². The molecule has 94 valence electrons. The van der Waals surface area contributed by atoms with Gasteiger partial charge in [-0.2, -0.15) is 0 Å². The number of benzene rings is 1. The Kier molecular flexibility index (Phi) is 5.12. The average Bonchev–Trinajstić information content (AvgIpc) is 2.36. The number of likely N-dealkylation sites (N-methyl/N-ethyl adjacent to an activating group) is 1. The molecule has 1 amide bonds. The van der Waals surface area contributed by atoms with Crippen molar-refractivity contribution in [3.05, 3.63) is 35.4 Å². The number of carbonyl (C=O) groups is 1. The number of hydrogen-bond acceptors (Lipinski definition) is 3. The van der Waals surface area contributed by atoms with E-state index in [1.807, 2.05) is 18.2 Å². The lowest BCUT2D eigenvalue weighted by Gasteiger charge is -2.23. The van der Waals surface area contributed by atoms with Crippen molar-refractivity contribution in [3.63, 3.8) is 0 Å². The van der Waals surface area contributed by atoms with E-state index in [9.17, 15) is 4.79 Å². The maximum Gasteiger partial charge on any atom is 0.253 e. The number of rotatable bonds is 5. The maximum atomic E-state index is 12.1. The second-order valence-electron chi connectivity index (χ2n) is 4.08. The van der Waals surface area contributed by atoms with Gasteiger partial charge < -0.3 is 14.7 Å². The molecule has 0 heterocycles. The molecular weight excluding hydrogens is 218 g/mol. The molecule has 0 aliphatic carbocycles. The number of aliphatic hydroxyl groups is 1. The van der Waals surface area contributed by atoms with Crippen LogP contribution in [-0.4, -0.2) is 42.7 Å². The Labute approximate surface area is 102 Å². The molecule has 1 aromatic carbocycles. The number of carbonyl (C=O) groups excluding carboxylic acids is 1. The Hall–Kier alpha value is -1.39. The summed E-state index contributed by atoms with van der Waals surface area (Å²) in [5.41, 5.74) is 1.57. The molecule has 0 fully saturated rings. The van der Waals surface area contributed by atoms with Gasteiger partial charge in [0.1, 0.15) is 0 Å². The number of ether oxygens (including phenoxy) is 1. The van der Waals surface area contributed by atoms with Gasteiger partial charge >= 0.3 is 0 Å². The Bertz CT molecular complexity index is 379. The summed E-state index contributed by atoms with van der Waals surface area (Å²) in [5.74, 6) is -0.0931. The van der Waals surface area contributed by atoms with Crippen LogP contribution in [-0.2, 0) is 11.3 Å². The van der Waals surface area contributed by atoms with Crippen LogP contribution in [0.4, 0.5) is 0 Å². The number of nitrogens with zero attached hydrogens (tertiary/aromatic N) is 1. The zero-order valence-corrected chi connectivity index (χ0v) is 10.5. The van der Waals surface area contributed by atoms with Crippen molar-refractivity contribution in [1.82, 2.24) is 4.90 Å². The summed E-state index contributed by atoms with van der Waals surface area (Å²) in [6.45, 7) is 2.25. The third-order valence-corrected chi connectivity index (χ3v) is 2.73. The van der Waals surface area contributed by atoms with Gasteiger partial charge in [0.25, 0.3) is 5.91 Å². The van der Waals surface area contributed by atoms with Crippen LogP contribution in [0.5, 0.6) is 0 Å². The van der Waals surface area contributed by atoms with Crippen molar-refractivity contribution in [3.8, 4) is 0 Å². The molecule has 0 saturated heterocycles. The highest BCUT2D eigenvalue weighted by molar-refractivity contribution is 5.94. The predicted octanol–water partition coefficient (Wildman–Crippen LogP) is 1.29. The lowest BCUT2D eigenvalue weighted by atomic mass is 10.1. The number of hydrogen-bond donors (Lipinski definition) is 1. The second-order valence-corrected chi connectivity index (χ2v) is 4.08. The van der Waals surface area contributed by atoms with E-state index < -0.39 is 0 Å². The van der Waals surface area contributed by atoms with Gasteiger partial charge in [-0.15, -0.1) is 0 Å². The van der Waals surface area contributed by atoms with Crippen LogP contribution in [0, 0.1) is 0 Å². The molecule has 1 N–H and O–H groups in total. The summed E-state index contributed by atoms with van der Waals surface area (Å²) in [5, 5.41) is 9.03. The maximum absolute atomic E-state index is 12.1. The van der Waals surface area contributed by atoms with Crippen LogP contribution in [0.3, 0.4) is 0 Å². The van der Waals surface area contributed by atoms with E-state index >= 15 is 0 Å². The molecule has 0 saturated carbocycles. The summed E-state index contributed by atoms with van der Waals surface area (Å²) in [6, 6.07) is 7.14. The van der Waals surface area contributed by atoms with Gasteiger partial charge in [0.2, 0.25) is 0 Å².